The highest BCUT2D eigenvalue weighted by Crippen LogP contribution is 2.41. The summed E-state index contributed by atoms with van der Waals surface area (Å²) in [6.07, 6.45) is 3.77. The Bertz CT molecular complexity index is 4040. The maximum Gasteiger partial charge on any atom is 0.410 e. The molecule has 6 heterocycles. The van der Waals surface area contributed by atoms with Gasteiger partial charge in [-0.25, -0.2) is 73.9 Å². The first kappa shape index (κ1) is 69.6. The van der Waals surface area contributed by atoms with Crippen molar-refractivity contribution in [3.05, 3.63) is 144 Å². The highest BCUT2D eigenvalue weighted by atomic mass is 32.2. The van der Waals surface area contributed by atoms with Crippen molar-refractivity contribution in [3.63, 3.8) is 0 Å². The van der Waals surface area contributed by atoms with Gasteiger partial charge in [0.15, 0.2) is 19.7 Å². The summed E-state index contributed by atoms with van der Waals surface area (Å²) < 4.78 is 134. The van der Waals surface area contributed by atoms with Crippen molar-refractivity contribution in [1.82, 2.24) is 39.7 Å². The summed E-state index contributed by atoms with van der Waals surface area (Å²) in [5.74, 6) is -0.407. The van der Waals surface area contributed by atoms with Crippen LogP contribution in [-0.4, -0.2) is 142 Å². The predicted molar refractivity (Wildman–Crippen MR) is 353 cm³/mol. The Hall–Kier alpha value is -8.78. The average molecular weight is 1340 g/mol. The number of hydrogen-bond acceptors (Lipinski definition) is 18. The van der Waals surface area contributed by atoms with E-state index in [0.717, 1.165) is 11.1 Å². The van der Waals surface area contributed by atoms with Crippen molar-refractivity contribution in [2.45, 2.75) is 142 Å². The fourth-order valence-corrected chi connectivity index (χ4v) is 14.1. The van der Waals surface area contributed by atoms with Crippen LogP contribution in [0.5, 0.6) is 23.3 Å². The molecule has 500 valence electrons. The summed E-state index contributed by atoms with van der Waals surface area (Å²) in [4.78, 5) is 54.8. The third kappa shape index (κ3) is 17.9. The van der Waals surface area contributed by atoms with Gasteiger partial charge in [0.05, 0.1) is 58.6 Å². The van der Waals surface area contributed by atoms with Crippen molar-refractivity contribution >= 4 is 65.3 Å². The molecule has 0 saturated carbocycles. The van der Waals surface area contributed by atoms with Crippen LogP contribution in [0.15, 0.2) is 110 Å². The number of hydrogen-bond donors (Lipinski definition) is 2. The molecule has 2 fully saturated rings. The number of sulfone groups is 2. The zero-order valence-corrected chi connectivity index (χ0v) is 55.8. The normalized spacial score (nSPS) is 17.0. The SMILES string of the molecule is CCCS(=O)(=O)Cc1c(F)ccc2c(Oc3ncccc3-c3ccnc(N[C@@H]4C[C@@H](F)CN(C(=O)OC(C)(C)C)C4)n3)c(C)ccc12.CCCS(=O)(=O)Cc1c(F)ccc2c(Oc3ncccc3-c3ccnc(N[C@H]4C[C@H](F)CN(C(=O)OC(C)(C)C)C4)n3)c(C)ccc12. The zero-order chi connectivity index (χ0) is 67.9. The van der Waals surface area contributed by atoms with Gasteiger partial charge in [-0.3, -0.25) is 0 Å². The minimum absolute atomic E-state index is 0.0395. The number of likely N-dealkylation sites (tertiary alicyclic amines) is 2. The average Bonchev–Trinajstić information content (AvgIpc) is 0.778. The van der Waals surface area contributed by atoms with Crippen LogP contribution >= 0.6 is 0 Å². The molecule has 26 heteroatoms. The predicted octanol–water partition coefficient (Wildman–Crippen LogP) is 14.0. The molecule has 94 heavy (non-hydrogen) atoms. The lowest BCUT2D eigenvalue weighted by molar-refractivity contribution is 0.0117. The third-order valence-electron chi connectivity index (χ3n) is 15.1. The maximum atomic E-state index is 15.0. The Kier molecular flexibility index (Phi) is 21.6. The number of carbonyl (C=O) groups is 2. The van der Waals surface area contributed by atoms with E-state index < -0.39 is 90.6 Å². The first-order valence-electron chi connectivity index (χ1n) is 31.0. The van der Waals surface area contributed by atoms with Crippen LogP contribution in [0.4, 0.5) is 39.0 Å². The first-order valence-corrected chi connectivity index (χ1v) is 34.6. The molecular weight excluding hydrogens is 1260 g/mol. The number of aryl methyl sites for hydroxylation is 2. The number of piperidine rings is 2. The summed E-state index contributed by atoms with van der Waals surface area (Å²) >= 11 is 0. The fraction of sp³-hybridized carbons (Fsp3) is 0.412. The first-order chi connectivity index (χ1) is 44.5. The van der Waals surface area contributed by atoms with Crippen LogP contribution in [0.3, 0.4) is 0 Å². The molecule has 4 aromatic carbocycles. The Morgan fingerprint density at radius 2 is 0.915 bits per heavy atom. The van der Waals surface area contributed by atoms with Gasteiger partial charge in [0.2, 0.25) is 23.7 Å². The van der Waals surface area contributed by atoms with E-state index in [9.17, 15) is 35.2 Å². The minimum Gasteiger partial charge on any atom is -0.444 e. The van der Waals surface area contributed by atoms with Crippen LogP contribution in [0.25, 0.3) is 44.1 Å². The highest BCUT2D eigenvalue weighted by molar-refractivity contribution is 7.90. The van der Waals surface area contributed by atoms with Crippen molar-refractivity contribution in [2.75, 3.05) is 48.3 Å². The molecular formula is C68H78F4N10O10S2. The van der Waals surface area contributed by atoms with Gasteiger partial charge in [-0.2, -0.15) is 0 Å². The van der Waals surface area contributed by atoms with Crippen LogP contribution in [0, 0.1) is 25.5 Å². The summed E-state index contributed by atoms with van der Waals surface area (Å²) in [7, 11) is -7.03. The molecule has 0 spiro atoms. The number of halogens is 4. The Morgan fingerprint density at radius 3 is 1.29 bits per heavy atom. The number of carbonyl (C=O) groups excluding carboxylic acids is 2. The van der Waals surface area contributed by atoms with Crippen molar-refractivity contribution in [2.24, 2.45) is 0 Å². The van der Waals surface area contributed by atoms with E-state index >= 15 is 8.78 Å². The largest absolute Gasteiger partial charge is 0.444 e. The van der Waals surface area contributed by atoms with E-state index in [1.165, 1.54) is 21.9 Å². The number of amides is 2. The van der Waals surface area contributed by atoms with Crippen LogP contribution in [0.2, 0.25) is 0 Å². The van der Waals surface area contributed by atoms with E-state index in [-0.39, 0.29) is 85.3 Å². The summed E-state index contributed by atoms with van der Waals surface area (Å²) in [5.41, 5.74) is 2.25. The number of pyridine rings is 2. The summed E-state index contributed by atoms with van der Waals surface area (Å²) in [6, 6.07) is 22.0. The van der Waals surface area contributed by atoms with Gasteiger partial charge in [0.1, 0.15) is 46.7 Å². The second-order valence-corrected chi connectivity index (χ2v) is 29.8. The van der Waals surface area contributed by atoms with E-state index in [1.54, 1.807) is 153 Å². The van der Waals surface area contributed by atoms with Crippen molar-refractivity contribution in [3.8, 4) is 45.8 Å². The maximum absolute atomic E-state index is 15.0. The number of anilines is 2. The third-order valence-corrected chi connectivity index (χ3v) is 18.7. The van der Waals surface area contributed by atoms with E-state index in [4.69, 9.17) is 18.9 Å². The van der Waals surface area contributed by atoms with E-state index in [1.807, 2.05) is 13.8 Å². The van der Waals surface area contributed by atoms with Gasteiger partial charge in [0.25, 0.3) is 0 Å². The van der Waals surface area contributed by atoms with Crippen molar-refractivity contribution in [1.29, 1.82) is 0 Å². The summed E-state index contributed by atoms with van der Waals surface area (Å²) in [6.45, 7) is 18.1. The van der Waals surface area contributed by atoms with Gasteiger partial charge in [-0.15, -0.1) is 0 Å². The molecule has 0 radical (unpaired) electrons. The van der Waals surface area contributed by atoms with Crippen molar-refractivity contribution < 1.29 is 62.9 Å². The molecule has 2 saturated heterocycles. The molecule has 4 atom stereocenters. The zero-order valence-electron chi connectivity index (χ0n) is 54.2. The molecule has 2 aliphatic heterocycles. The van der Waals surface area contributed by atoms with E-state index in [2.05, 4.69) is 40.5 Å². The molecule has 2 aliphatic rings. The molecule has 20 nitrogen and oxygen atoms in total. The molecule has 2 amide bonds. The van der Waals surface area contributed by atoms with Crippen LogP contribution < -0.4 is 20.1 Å². The molecule has 10 rings (SSSR count). The Labute approximate surface area is 545 Å². The Balaban J connectivity index is 0.000000221. The van der Waals surface area contributed by atoms with Gasteiger partial charge >= 0.3 is 12.2 Å². The molecule has 0 aliphatic carbocycles. The topological polar surface area (TPSA) is 247 Å². The lowest BCUT2D eigenvalue weighted by Crippen LogP contribution is -2.51. The minimum atomic E-state index is -3.52. The molecule has 0 unspecified atom stereocenters. The molecule has 4 aromatic heterocycles. The van der Waals surface area contributed by atoms with Gasteiger partial charge in [-0.05, 0) is 151 Å². The second kappa shape index (κ2) is 29.2. The number of nitrogens with one attached hydrogen (secondary N) is 2. The number of rotatable bonds is 18. The molecule has 8 aromatic rings. The Morgan fingerprint density at radius 1 is 0.532 bits per heavy atom. The fourth-order valence-electron chi connectivity index (χ4n) is 11.1. The number of ether oxygens (including phenoxy) is 4. The monoisotopic (exact) mass is 1330 g/mol. The standard InChI is InChI=1S/2C34H39F2N5O5S/c2*1-6-16-47(43,44)20-27-24-10-9-21(2)30(25(24)11-12-28(27)36)45-31-26(8-7-14-37-31)29-13-15-38-32(40-29)39-23-17-22(35)18-41(19-23)33(42)46-34(3,4)5/h2*7-15,22-23H,6,16-20H2,1-5H3,(H,38,39,40)/t2*22-,23-/m10/s1. The number of fused-ring (bicyclic) bond motifs is 2. The molecule has 2 N–H and O–H groups in total. The molecule has 0 bridgehead atoms. The quantitative estimate of drug-likeness (QED) is 0.0758. The lowest BCUT2D eigenvalue weighted by Gasteiger charge is -2.36. The second-order valence-electron chi connectivity index (χ2n) is 25.4. The van der Waals surface area contributed by atoms with E-state index in [0.29, 0.717) is 68.4 Å². The number of aromatic nitrogens is 6. The summed E-state index contributed by atoms with van der Waals surface area (Å²) in [5, 5.41) is 8.27. The smallest absolute Gasteiger partial charge is 0.410 e. The lowest BCUT2D eigenvalue weighted by atomic mass is 10.0. The van der Waals surface area contributed by atoms with Gasteiger partial charge < -0.3 is 39.4 Å². The van der Waals surface area contributed by atoms with Crippen LogP contribution in [0.1, 0.15) is 103 Å². The number of nitrogens with zero attached hydrogens (tertiary/aromatic N) is 8. The van der Waals surface area contributed by atoms with Gasteiger partial charge in [0, 0.05) is 84.7 Å². The van der Waals surface area contributed by atoms with Gasteiger partial charge in [-0.1, -0.05) is 38.1 Å². The number of alkyl halides is 2. The number of benzene rings is 4. The highest BCUT2D eigenvalue weighted by Gasteiger charge is 2.35. The van der Waals surface area contributed by atoms with Crippen LogP contribution in [-0.2, 0) is 40.7 Å².